The molecule has 8 rings (SSSR count). The van der Waals surface area contributed by atoms with E-state index in [1.54, 1.807) is 0 Å². The van der Waals surface area contributed by atoms with E-state index in [0.29, 0.717) is 0 Å². The maximum absolute atomic E-state index is 6.68. The second-order valence-corrected chi connectivity index (χ2v) is 10.4. The number of hydrogen-bond acceptors (Lipinski definition) is 2. The van der Waals surface area contributed by atoms with Gasteiger partial charge in [-0.25, -0.2) is 0 Å². The van der Waals surface area contributed by atoms with Gasteiger partial charge >= 0.3 is 0 Å². The van der Waals surface area contributed by atoms with Crippen LogP contribution in [0.4, 0.5) is 17.1 Å². The fraction of sp³-hybridized carbons (Fsp3) is 0. The van der Waals surface area contributed by atoms with E-state index in [0.717, 1.165) is 54.8 Å². The Kier molecular flexibility index (Phi) is 4.91. The molecule has 0 aliphatic carbocycles. The molecule has 2 nitrogen and oxygen atoms in total. The summed E-state index contributed by atoms with van der Waals surface area (Å²) < 4.78 is 6.68. The van der Waals surface area contributed by atoms with Crippen LogP contribution in [0.2, 0.25) is 5.02 Å². The fourth-order valence-corrected chi connectivity index (χ4v) is 6.07. The Bertz CT molecular complexity index is 2200. The summed E-state index contributed by atoms with van der Waals surface area (Å²) in [5.41, 5.74) is 4.98. The smallest absolute Gasteiger partial charge is 0.143 e. The highest BCUT2D eigenvalue weighted by molar-refractivity contribution is 6.34. The minimum atomic E-state index is 0.722. The van der Waals surface area contributed by atoms with Crippen LogP contribution in [0.15, 0.2) is 138 Å². The largest absolute Gasteiger partial charge is 0.455 e. The summed E-state index contributed by atoms with van der Waals surface area (Å²) in [6.07, 6.45) is 0. The van der Waals surface area contributed by atoms with E-state index in [9.17, 15) is 0 Å². The Labute approximate surface area is 230 Å². The number of rotatable bonds is 3. The van der Waals surface area contributed by atoms with Crippen LogP contribution >= 0.6 is 11.6 Å². The Morgan fingerprint density at radius 2 is 1.15 bits per heavy atom. The molecule has 0 amide bonds. The molecule has 39 heavy (non-hydrogen) atoms. The number of fused-ring (bicyclic) bond motifs is 9. The summed E-state index contributed by atoms with van der Waals surface area (Å²) in [5, 5.41) is 9.91. The Hall–Kier alpha value is -4.79. The molecule has 0 fully saturated rings. The Morgan fingerprint density at radius 1 is 0.462 bits per heavy atom. The van der Waals surface area contributed by atoms with Crippen LogP contribution in [-0.2, 0) is 0 Å². The van der Waals surface area contributed by atoms with Crippen molar-refractivity contribution in [3.05, 3.63) is 138 Å². The Balaban J connectivity index is 1.41. The molecule has 0 N–H and O–H groups in total. The van der Waals surface area contributed by atoms with Crippen LogP contribution in [-0.4, -0.2) is 0 Å². The highest BCUT2D eigenvalue weighted by Gasteiger charge is 2.19. The van der Waals surface area contributed by atoms with Crippen molar-refractivity contribution < 1.29 is 4.42 Å². The summed E-state index contributed by atoms with van der Waals surface area (Å²) in [7, 11) is 0. The van der Waals surface area contributed by atoms with Crippen LogP contribution < -0.4 is 4.90 Å². The number of para-hydroxylation sites is 1. The maximum atomic E-state index is 6.68. The van der Waals surface area contributed by atoms with Gasteiger partial charge < -0.3 is 9.32 Å². The molecule has 7 aromatic carbocycles. The van der Waals surface area contributed by atoms with Crippen molar-refractivity contribution in [3.8, 4) is 0 Å². The zero-order valence-corrected chi connectivity index (χ0v) is 21.7. The average Bonchev–Trinajstić information content (AvgIpc) is 3.37. The number of halogens is 1. The van der Waals surface area contributed by atoms with Gasteiger partial charge in [0, 0.05) is 44.3 Å². The van der Waals surface area contributed by atoms with Gasteiger partial charge in [0.1, 0.15) is 11.2 Å². The minimum Gasteiger partial charge on any atom is -0.455 e. The van der Waals surface area contributed by atoms with Crippen LogP contribution in [0.3, 0.4) is 0 Å². The first kappa shape index (κ1) is 22.2. The lowest BCUT2D eigenvalue weighted by atomic mass is 9.97. The third kappa shape index (κ3) is 3.49. The minimum absolute atomic E-state index is 0.722. The molecule has 1 aromatic heterocycles. The second-order valence-electron chi connectivity index (χ2n) is 9.92. The average molecular weight is 520 g/mol. The normalized spacial score (nSPS) is 11.7. The third-order valence-corrected chi connectivity index (χ3v) is 7.89. The fourth-order valence-electron chi connectivity index (χ4n) is 5.89. The van der Waals surface area contributed by atoms with Gasteiger partial charge in [0.25, 0.3) is 0 Å². The molecule has 3 heteroatoms. The van der Waals surface area contributed by atoms with Crippen molar-refractivity contribution in [2.45, 2.75) is 0 Å². The predicted octanol–water partition coefficient (Wildman–Crippen LogP) is 11.2. The molecule has 1 heterocycles. The molecule has 0 bridgehead atoms. The topological polar surface area (TPSA) is 16.4 Å². The molecule has 8 aromatic rings. The lowest BCUT2D eigenvalue weighted by molar-refractivity contribution is 0.673. The molecule has 0 saturated heterocycles. The van der Waals surface area contributed by atoms with Crippen LogP contribution in [0.5, 0.6) is 0 Å². The van der Waals surface area contributed by atoms with Gasteiger partial charge in [0.15, 0.2) is 0 Å². The SMILES string of the molecule is Clc1ccc2c(c1)c1ccccc1c1c3ccc(N(c4ccccc4)c4ccc5ccccc5c4)cc3oc21. The lowest BCUT2D eigenvalue weighted by Gasteiger charge is -2.25. The molecule has 184 valence electrons. The molecular weight excluding hydrogens is 498 g/mol. The van der Waals surface area contributed by atoms with Gasteiger partial charge in [-0.2, -0.15) is 0 Å². The standard InChI is InChI=1S/C36H22ClNO/c37-25-15-18-31-33(21-25)29-12-6-7-13-30(29)35-32-19-17-28(22-34(32)39-36(31)35)38(26-10-2-1-3-11-26)27-16-14-23-8-4-5-9-24(23)20-27/h1-22H. The number of anilines is 3. The maximum Gasteiger partial charge on any atom is 0.143 e. The lowest BCUT2D eigenvalue weighted by Crippen LogP contribution is -2.09. The van der Waals surface area contributed by atoms with Crippen molar-refractivity contribution in [3.63, 3.8) is 0 Å². The van der Waals surface area contributed by atoms with E-state index in [2.05, 4.69) is 120 Å². The predicted molar refractivity (Wildman–Crippen MR) is 166 cm³/mol. The molecular formula is C36H22ClNO. The van der Waals surface area contributed by atoms with Crippen molar-refractivity contribution in [1.82, 2.24) is 0 Å². The van der Waals surface area contributed by atoms with E-state index >= 15 is 0 Å². The van der Waals surface area contributed by atoms with Crippen molar-refractivity contribution in [2.24, 2.45) is 0 Å². The van der Waals surface area contributed by atoms with E-state index < -0.39 is 0 Å². The highest BCUT2D eigenvalue weighted by atomic mass is 35.5. The number of nitrogens with zero attached hydrogens (tertiary/aromatic N) is 1. The van der Waals surface area contributed by atoms with Gasteiger partial charge in [-0.3, -0.25) is 0 Å². The first-order valence-electron chi connectivity index (χ1n) is 13.0. The van der Waals surface area contributed by atoms with Crippen LogP contribution in [0, 0.1) is 0 Å². The third-order valence-electron chi connectivity index (χ3n) is 7.65. The van der Waals surface area contributed by atoms with Gasteiger partial charge in [0.05, 0.1) is 0 Å². The molecule has 0 aliphatic heterocycles. The Morgan fingerprint density at radius 3 is 2.03 bits per heavy atom. The molecule has 0 atom stereocenters. The summed E-state index contributed by atoms with van der Waals surface area (Å²) >= 11 is 6.42. The molecule has 0 saturated carbocycles. The van der Waals surface area contributed by atoms with Gasteiger partial charge in [-0.15, -0.1) is 0 Å². The summed E-state index contributed by atoms with van der Waals surface area (Å²) in [4.78, 5) is 2.29. The molecule has 0 unspecified atom stereocenters. The van der Waals surface area contributed by atoms with Crippen molar-refractivity contribution in [2.75, 3.05) is 4.90 Å². The zero-order chi connectivity index (χ0) is 25.9. The number of benzene rings is 7. The molecule has 0 spiro atoms. The first-order valence-corrected chi connectivity index (χ1v) is 13.4. The molecule has 0 radical (unpaired) electrons. The number of hydrogen-bond donors (Lipinski definition) is 0. The molecule has 0 aliphatic rings. The first-order chi connectivity index (χ1) is 19.2. The number of furan rings is 1. The van der Waals surface area contributed by atoms with E-state index in [1.165, 1.54) is 21.5 Å². The van der Waals surface area contributed by atoms with Gasteiger partial charge in [0.2, 0.25) is 0 Å². The monoisotopic (exact) mass is 519 g/mol. The van der Waals surface area contributed by atoms with E-state index in [-0.39, 0.29) is 0 Å². The second kappa shape index (κ2) is 8.62. The zero-order valence-electron chi connectivity index (χ0n) is 20.9. The summed E-state index contributed by atoms with van der Waals surface area (Å²) in [5.74, 6) is 0. The van der Waals surface area contributed by atoms with Crippen molar-refractivity contribution >= 4 is 82.9 Å². The van der Waals surface area contributed by atoms with Gasteiger partial charge in [-0.05, 0) is 81.5 Å². The summed E-state index contributed by atoms with van der Waals surface area (Å²) in [6, 6.07) is 46.7. The van der Waals surface area contributed by atoms with E-state index in [4.69, 9.17) is 16.0 Å². The summed E-state index contributed by atoms with van der Waals surface area (Å²) in [6.45, 7) is 0. The highest BCUT2D eigenvalue weighted by Crippen LogP contribution is 2.44. The van der Waals surface area contributed by atoms with Crippen molar-refractivity contribution in [1.29, 1.82) is 0 Å². The van der Waals surface area contributed by atoms with Gasteiger partial charge in [-0.1, -0.05) is 84.4 Å². The van der Waals surface area contributed by atoms with E-state index in [1.807, 2.05) is 18.2 Å². The quantitative estimate of drug-likeness (QED) is 0.216. The van der Waals surface area contributed by atoms with Crippen LogP contribution in [0.1, 0.15) is 0 Å². The van der Waals surface area contributed by atoms with Crippen LogP contribution in [0.25, 0.3) is 54.3 Å².